The summed E-state index contributed by atoms with van der Waals surface area (Å²) in [4.78, 5) is 38.6. The lowest BCUT2D eigenvalue weighted by atomic mass is 9.95. The topological polar surface area (TPSA) is 133 Å². The van der Waals surface area contributed by atoms with Gasteiger partial charge in [0.25, 0.3) is 0 Å². The van der Waals surface area contributed by atoms with Crippen LogP contribution in [0.15, 0.2) is 35.5 Å². The highest BCUT2D eigenvalue weighted by Gasteiger charge is 2.22. The molecule has 34 heavy (non-hydrogen) atoms. The zero-order valence-electron chi connectivity index (χ0n) is 19.4. The molecule has 0 spiro atoms. The zero-order valence-corrected chi connectivity index (χ0v) is 19.4. The molecule has 0 bridgehead atoms. The monoisotopic (exact) mass is 469 g/mol. The average molecular weight is 470 g/mol. The minimum atomic E-state index is -0.725. The van der Waals surface area contributed by atoms with E-state index in [-0.39, 0.29) is 17.5 Å². The molecule has 10 nitrogen and oxygen atoms in total. The Bertz CT molecular complexity index is 1380. The average Bonchev–Trinajstić information content (AvgIpc) is 3.32. The van der Waals surface area contributed by atoms with E-state index in [9.17, 15) is 14.0 Å². The van der Waals surface area contributed by atoms with Crippen molar-refractivity contribution in [2.24, 2.45) is 5.73 Å². The quantitative estimate of drug-likeness (QED) is 0.456. The molecule has 5 rings (SSSR count). The van der Waals surface area contributed by atoms with Crippen LogP contribution in [0.1, 0.15) is 58.9 Å². The van der Waals surface area contributed by atoms with Gasteiger partial charge in [-0.2, -0.15) is 0 Å². The summed E-state index contributed by atoms with van der Waals surface area (Å²) >= 11 is 0. The van der Waals surface area contributed by atoms with E-state index in [0.29, 0.717) is 28.3 Å². The molecule has 11 heteroatoms. The number of aromatic amines is 1. The van der Waals surface area contributed by atoms with Crippen molar-refractivity contribution in [1.29, 1.82) is 0 Å². The maximum atomic E-state index is 13.6. The number of nitrogens with zero attached hydrogens (tertiary/aromatic N) is 5. The van der Waals surface area contributed by atoms with Gasteiger partial charge >= 0.3 is 11.8 Å². The van der Waals surface area contributed by atoms with E-state index in [2.05, 4.69) is 24.7 Å². The number of nitrogens with two attached hydrogens (primary N) is 1. The van der Waals surface area contributed by atoms with Gasteiger partial charge in [-0.15, -0.1) is 0 Å². The maximum Gasteiger partial charge on any atom is 0.405 e. The van der Waals surface area contributed by atoms with Crippen molar-refractivity contribution in [1.82, 2.24) is 28.9 Å². The maximum absolute atomic E-state index is 13.6. The molecule has 0 aromatic carbocycles. The van der Waals surface area contributed by atoms with Gasteiger partial charge in [-0.1, -0.05) is 19.3 Å². The van der Waals surface area contributed by atoms with Crippen LogP contribution >= 0.6 is 0 Å². The van der Waals surface area contributed by atoms with E-state index in [0.717, 1.165) is 25.7 Å². The molecule has 4 heterocycles. The zero-order chi connectivity index (χ0) is 24.5. The molecule has 180 valence electrons. The number of carbonyl (C=O) groups is 1. The van der Waals surface area contributed by atoms with Crippen LogP contribution in [0.4, 0.5) is 9.18 Å². The van der Waals surface area contributed by atoms with Crippen LogP contribution in [0.5, 0.6) is 0 Å². The van der Waals surface area contributed by atoms with Gasteiger partial charge in [0.05, 0.1) is 12.4 Å². The summed E-state index contributed by atoms with van der Waals surface area (Å²) in [7, 11) is 0. The fraction of sp³-hybridized carbons (Fsp3) is 0.435. The third-order valence-electron chi connectivity index (χ3n) is 5.50. The number of carbonyl (C=O) groups excluding carboxylic acids is 1. The molecular formula is C23H28FN7O3. The van der Waals surface area contributed by atoms with Gasteiger partial charge in [-0.3, -0.25) is 8.97 Å². The molecule has 0 unspecified atom stereocenters. The van der Waals surface area contributed by atoms with Crippen molar-refractivity contribution < 1.29 is 13.9 Å². The van der Waals surface area contributed by atoms with E-state index >= 15 is 0 Å². The van der Waals surface area contributed by atoms with Crippen molar-refractivity contribution in [3.63, 3.8) is 0 Å². The third-order valence-corrected chi connectivity index (χ3v) is 5.50. The lowest BCUT2D eigenvalue weighted by Crippen LogP contribution is -2.27. The Hall–Kier alpha value is -3.76. The number of primary amides is 1. The Morgan fingerprint density at radius 1 is 1.18 bits per heavy atom. The second-order valence-corrected chi connectivity index (χ2v) is 9.28. The SMILES string of the molecule is CC(C)(C)OC(N)=O.O=c1[nH]c2cnc(-c3cnc4ccc(F)cn34)nc2n1C1CCCCC1. The van der Waals surface area contributed by atoms with Gasteiger partial charge < -0.3 is 15.5 Å². The molecule has 4 aromatic rings. The van der Waals surface area contributed by atoms with E-state index < -0.39 is 11.7 Å². The number of amides is 1. The Kier molecular flexibility index (Phi) is 6.36. The Morgan fingerprint density at radius 2 is 1.91 bits per heavy atom. The number of nitrogens with one attached hydrogen (secondary N) is 1. The number of fused-ring (bicyclic) bond motifs is 2. The molecular weight excluding hydrogens is 441 g/mol. The van der Waals surface area contributed by atoms with Gasteiger partial charge in [0.15, 0.2) is 11.5 Å². The molecule has 1 saturated carbocycles. The Morgan fingerprint density at radius 3 is 2.56 bits per heavy atom. The number of aromatic nitrogens is 6. The summed E-state index contributed by atoms with van der Waals surface area (Å²) in [6.07, 6.45) is 9.26. The lowest BCUT2D eigenvalue weighted by molar-refractivity contribution is 0.0600. The summed E-state index contributed by atoms with van der Waals surface area (Å²) in [5.74, 6) is 0.0535. The standard InChI is InChI=1S/C18H17FN6O.C5H11NO2/c19-11-6-7-15-20-9-14(24(15)10-11)16-21-8-13-17(23-16)25(18(26)22-13)12-4-2-1-3-5-12;1-5(2,3)8-4(6)7/h6-10,12H,1-5H2,(H,22,26);1-3H3,(H2,6,7). The highest BCUT2D eigenvalue weighted by molar-refractivity contribution is 5.72. The van der Waals surface area contributed by atoms with E-state index in [1.54, 1.807) is 48.2 Å². The third kappa shape index (κ3) is 5.08. The van der Waals surface area contributed by atoms with E-state index in [1.165, 1.54) is 18.7 Å². The first-order valence-electron chi connectivity index (χ1n) is 11.2. The predicted octanol–water partition coefficient (Wildman–Crippen LogP) is 3.96. The fourth-order valence-electron chi connectivity index (χ4n) is 4.14. The summed E-state index contributed by atoms with van der Waals surface area (Å²) in [5.41, 5.74) is 6.53. The van der Waals surface area contributed by atoms with Crippen molar-refractivity contribution in [2.75, 3.05) is 0 Å². The predicted molar refractivity (Wildman–Crippen MR) is 125 cm³/mol. The molecule has 1 aliphatic rings. The van der Waals surface area contributed by atoms with Crippen molar-refractivity contribution in [2.45, 2.75) is 64.5 Å². The minimum Gasteiger partial charge on any atom is -0.444 e. The Labute approximate surface area is 195 Å². The van der Waals surface area contributed by atoms with Crippen LogP contribution in [0.25, 0.3) is 28.3 Å². The molecule has 1 aliphatic carbocycles. The first kappa shape index (κ1) is 23.4. The largest absolute Gasteiger partial charge is 0.444 e. The smallest absolute Gasteiger partial charge is 0.405 e. The lowest BCUT2D eigenvalue weighted by Gasteiger charge is -2.22. The highest BCUT2D eigenvalue weighted by atomic mass is 19.1. The number of ether oxygens (including phenoxy) is 1. The molecule has 0 atom stereocenters. The van der Waals surface area contributed by atoms with Gasteiger partial charge in [0, 0.05) is 12.2 Å². The molecule has 1 fully saturated rings. The van der Waals surface area contributed by atoms with Gasteiger partial charge in [-0.25, -0.2) is 28.9 Å². The van der Waals surface area contributed by atoms with Crippen molar-refractivity contribution >= 4 is 22.9 Å². The van der Waals surface area contributed by atoms with E-state index in [4.69, 9.17) is 5.73 Å². The Balaban J connectivity index is 0.000000297. The van der Waals surface area contributed by atoms with E-state index in [1.807, 2.05) is 0 Å². The van der Waals surface area contributed by atoms with Crippen LogP contribution in [-0.4, -0.2) is 40.6 Å². The fourth-order valence-corrected chi connectivity index (χ4v) is 4.14. The number of halogens is 1. The number of pyridine rings is 1. The second kappa shape index (κ2) is 9.24. The van der Waals surface area contributed by atoms with Crippen LogP contribution in [-0.2, 0) is 4.74 Å². The van der Waals surface area contributed by atoms with Gasteiger partial charge in [-0.05, 0) is 45.7 Å². The van der Waals surface area contributed by atoms with Crippen LogP contribution < -0.4 is 11.4 Å². The number of hydrogen-bond donors (Lipinski definition) is 2. The number of hydrogen-bond acceptors (Lipinski definition) is 6. The molecule has 0 aliphatic heterocycles. The van der Waals surface area contributed by atoms with Gasteiger partial charge in [0.1, 0.15) is 28.3 Å². The highest BCUT2D eigenvalue weighted by Crippen LogP contribution is 2.29. The number of rotatable bonds is 2. The summed E-state index contributed by atoms with van der Waals surface area (Å²) in [5, 5.41) is 0. The first-order chi connectivity index (χ1) is 16.1. The summed E-state index contributed by atoms with van der Waals surface area (Å²) < 4.78 is 21.6. The normalized spacial score (nSPS) is 14.7. The number of H-pyrrole nitrogens is 1. The molecule has 3 N–H and O–H groups in total. The summed E-state index contributed by atoms with van der Waals surface area (Å²) in [6, 6.07) is 3.13. The second-order valence-electron chi connectivity index (χ2n) is 9.28. The van der Waals surface area contributed by atoms with Crippen LogP contribution in [0, 0.1) is 5.82 Å². The van der Waals surface area contributed by atoms with Crippen LogP contribution in [0.3, 0.4) is 0 Å². The summed E-state index contributed by atoms with van der Waals surface area (Å²) in [6.45, 7) is 5.28. The van der Waals surface area contributed by atoms with Crippen LogP contribution in [0.2, 0.25) is 0 Å². The molecule has 0 saturated heterocycles. The van der Waals surface area contributed by atoms with Crippen molar-refractivity contribution in [3.05, 3.63) is 47.0 Å². The molecule has 0 radical (unpaired) electrons. The van der Waals surface area contributed by atoms with Crippen molar-refractivity contribution in [3.8, 4) is 11.5 Å². The van der Waals surface area contributed by atoms with Gasteiger partial charge in [0.2, 0.25) is 0 Å². The first-order valence-corrected chi connectivity index (χ1v) is 11.2. The number of imidazole rings is 2. The minimum absolute atomic E-state index is 0.150. The molecule has 4 aromatic heterocycles. The molecule has 1 amide bonds.